The summed E-state index contributed by atoms with van der Waals surface area (Å²) in [6, 6.07) is 0. The van der Waals surface area contributed by atoms with Crippen molar-refractivity contribution in [3.05, 3.63) is 0 Å². The van der Waals surface area contributed by atoms with Gasteiger partial charge in [0.05, 0.1) is 5.92 Å². The Morgan fingerprint density at radius 3 is 2.50 bits per heavy atom. The summed E-state index contributed by atoms with van der Waals surface area (Å²) in [6.45, 7) is 5.80. The fourth-order valence-corrected chi connectivity index (χ4v) is 2.46. The molecule has 0 spiro atoms. The normalized spacial score (nSPS) is 33.4. The van der Waals surface area contributed by atoms with E-state index in [0.717, 1.165) is 0 Å². The van der Waals surface area contributed by atoms with Crippen LogP contribution in [0.4, 0.5) is 0 Å². The fraction of sp³-hybridized carbons (Fsp3) is 0.818. The van der Waals surface area contributed by atoms with Gasteiger partial charge >= 0.3 is 5.97 Å². The van der Waals surface area contributed by atoms with E-state index in [0.29, 0.717) is 12.8 Å². The third-order valence-corrected chi connectivity index (χ3v) is 3.05. The van der Waals surface area contributed by atoms with Crippen LogP contribution >= 0.6 is 0 Å². The van der Waals surface area contributed by atoms with E-state index in [4.69, 9.17) is 5.11 Å². The van der Waals surface area contributed by atoms with E-state index in [1.807, 2.05) is 20.8 Å². The summed E-state index contributed by atoms with van der Waals surface area (Å²) in [7, 11) is 0. The first-order chi connectivity index (χ1) is 6.43. The van der Waals surface area contributed by atoms with Gasteiger partial charge in [0.2, 0.25) is 0 Å². The van der Waals surface area contributed by atoms with Gasteiger partial charge in [-0.1, -0.05) is 20.8 Å². The number of hydrogen-bond donors (Lipinski definition) is 1. The lowest BCUT2D eigenvalue weighted by Crippen LogP contribution is -2.39. The number of rotatable bonds is 2. The number of carbonyl (C=O) groups excluding carboxylic acids is 1. The van der Waals surface area contributed by atoms with Crippen LogP contribution in [0.15, 0.2) is 0 Å². The number of hydrogen-bond acceptors (Lipinski definition) is 2. The maximum atomic E-state index is 11.7. The molecule has 3 unspecified atom stereocenters. The molecule has 0 aromatic carbocycles. The topological polar surface area (TPSA) is 54.4 Å². The van der Waals surface area contributed by atoms with Crippen molar-refractivity contribution >= 4 is 11.8 Å². The second-order valence-electron chi connectivity index (χ2n) is 4.73. The Morgan fingerprint density at radius 1 is 1.50 bits per heavy atom. The molecule has 3 heteroatoms. The molecule has 1 rings (SSSR count). The number of ketones is 1. The monoisotopic (exact) mass is 198 g/mol. The summed E-state index contributed by atoms with van der Waals surface area (Å²) in [5.41, 5.74) is 0. The van der Waals surface area contributed by atoms with Gasteiger partial charge in [0.15, 0.2) is 0 Å². The Hall–Kier alpha value is -0.860. The van der Waals surface area contributed by atoms with E-state index in [9.17, 15) is 9.59 Å². The van der Waals surface area contributed by atoms with Crippen LogP contribution in [0.25, 0.3) is 0 Å². The van der Waals surface area contributed by atoms with Crippen molar-refractivity contribution in [1.29, 1.82) is 0 Å². The molecule has 0 saturated heterocycles. The maximum Gasteiger partial charge on any atom is 0.307 e. The van der Waals surface area contributed by atoms with E-state index >= 15 is 0 Å². The quantitative estimate of drug-likeness (QED) is 0.738. The molecule has 0 radical (unpaired) electrons. The first kappa shape index (κ1) is 11.2. The van der Waals surface area contributed by atoms with Gasteiger partial charge in [-0.15, -0.1) is 0 Å². The van der Waals surface area contributed by atoms with Crippen molar-refractivity contribution in [2.45, 2.75) is 33.6 Å². The first-order valence-electron chi connectivity index (χ1n) is 5.19. The second-order valence-corrected chi connectivity index (χ2v) is 4.73. The minimum Gasteiger partial charge on any atom is -0.481 e. The van der Waals surface area contributed by atoms with Crippen molar-refractivity contribution in [2.24, 2.45) is 23.7 Å². The highest BCUT2D eigenvalue weighted by atomic mass is 16.4. The molecule has 0 heterocycles. The third-order valence-electron chi connectivity index (χ3n) is 3.05. The van der Waals surface area contributed by atoms with Crippen LogP contribution in [0.3, 0.4) is 0 Å². The highest BCUT2D eigenvalue weighted by molar-refractivity contribution is 5.87. The largest absolute Gasteiger partial charge is 0.481 e. The van der Waals surface area contributed by atoms with Gasteiger partial charge in [-0.3, -0.25) is 9.59 Å². The Labute approximate surface area is 84.5 Å². The number of aliphatic carboxylic acids is 1. The molecule has 3 nitrogen and oxygen atoms in total. The van der Waals surface area contributed by atoms with Gasteiger partial charge in [0.1, 0.15) is 5.78 Å². The standard InChI is InChI=1S/C11H18O3/c1-6(2)10-8(11(13)14)4-7(3)5-9(10)12/h6-8,10H,4-5H2,1-3H3,(H,13,14). The predicted octanol–water partition coefficient (Wildman–Crippen LogP) is 1.96. The lowest BCUT2D eigenvalue weighted by Gasteiger charge is -2.33. The molecular weight excluding hydrogens is 180 g/mol. The average Bonchev–Trinajstić information content (AvgIpc) is 2.01. The number of Topliss-reactive ketones (excluding diaryl/α,β-unsaturated/α-hetero) is 1. The van der Waals surface area contributed by atoms with Crippen LogP contribution in [0.5, 0.6) is 0 Å². The molecular formula is C11H18O3. The van der Waals surface area contributed by atoms with Gasteiger partial charge in [0.25, 0.3) is 0 Å². The summed E-state index contributed by atoms with van der Waals surface area (Å²) in [5.74, 6) is -1.07. The Kier molecular flexibility index (Phi) is 3.29. The third kappa shape index (κ3) is 2.14. The molecule has 80 valence electrons. The minimum absolute atomic E-state index is 0.131. The van der Waals surface area contributed by atoms with E-state index in [1.54, 1.807) is 0 Å². The highest BCUT2D eigenvalue weighted by Gasteiger charge is 2.40. The van der Waals surface area contributed by atoms with Gasteiger partial charge < -0.3 is 5.11 Å². The lowest BCUT2D eigenvalue weighted by atomic mass is 9.69. The molecule has 0 aromatic heterocycles. The zero-order valence-corrected chi connectivity index (χ0v) is 8.99. The molecule has 1 fully saturated rings. The molecule has 1 aliphatic carbocycles. The number of carbonyl (C=O) groups is 2. The summed E-state index contributed by atoms with van der Waals surface area (Å²) < 4.78 is 0. The highest BCUT2D eigenvalue weighted by Crippen LogP contribution is 2.35. The smallest absolute Gasteiger partial charge is 0.307 e. The molecule has 0 aromatic rings. The van der Waals surface area contributed by atoms with Crippen LogP contribution in [-0.4, -0.2) is 16.9 Å². The van der Waals surface area contributed by atoms with Crippen LogP contribution in [0, 0.1) is 23.7 Å². The SMILES string of the molecule is CC1CC(=O)C(C(C)C)C(C(=O)O)C1. The summed E-state index contributed by atoms with van der Waals surface area (Å²) in [6.07, 6.45) is 1.19. The number of carboxylic acid groups (broad SMARTS) is 1. The molecule has 0 bridgehead atoms. The molecule has 0 aliphatic heterocycles. The molecule has 1 aliphatic rings. The van der Waals surface area contributed by atoms with Crippen molar-refractivity contribution in [1.82, 2.24) is 0 Å². The van der Waals surface area contributed by atoms with E-state index in [-0.39, 0.29) is 23.5 Å². The summed E-state index contributed by atoms with van der Waals surface area (Å²) in [5, 5.41) is 9.04. The first-order valence-corrected chi connectivity index (χ1v) is 5.19. The van der Waals surface area contributed by atoms with Crippen LogP contribution in [0.2, 0.25) is 0 Å². The van der Waals surface area contributed by atoms with E-state index < -0.39 is 11.9 Å². The number of carboxylic acids is 1. The van der Waals surface area contributed by atoms with Crippen LogP contribution in [0.1, 0.15) is 33.6 Å². The zero-order valence-electron chi connectivity index (χ0n) is 8.99. The van der Waals surface area contributed by atoms with E-state index in [1.165, 1.54) is 0 Å². The summed E-state index contributed by atoms with van der Waals surface area (Å²) in [4.78, 5) is 22.7. The Balaban J connectivity index is 2.86. The lowest BCUT2D eigenvalue weighted by molar-refractivity contribution is -0.151. The van der Waals surface area contributed by atoms with Gasteiger partial charge in [-0.05, 0) is 18.3 Å². The van der Waals surface area contributed by atoms with E-state index in [2.05, 4.69) is 0 Å². The Bertz CT molecular complexity index is 245. The predicted molar refractivity (Wildman–Crippen MR) is 52.9 cm³/mol. The molecule has 3 atom stereocenters. The van der Waals surface area contributed by atoms with Gasteiger partial charge in [-0.2, -0.15) is 0 Å². The maximum absolute atomic E-state index is 11.7. The second kappa shape index (κ2) is 4.11. The fourth-order valence-electron chi connectivity index (χ4n) is 2.46. The molecule has 0 amide bonds. The van der Waals surface area contributed by atoms with Gasteiger partial charge in [0, 0.05) is 12.3 Å². The van der Waals surface area contributed by atoms with Crippen molar-refractivity contribution in [3.63, 3.8) is 0 Å². The van der Waals surface area contributed by atoms with Crippen LogP contribution < -0.4 is 0 Å². The van der Waals surface area contributed by atoms with Crippen molar-refractivity contribution < 1.29 is 14.7 Å². The molecule has 14 heavy (non-hydrogen) atoms. The van der Waals surface area contributed by atoms with Gasteiger partial charge in [-0.25, -0.2) is 0 Å². The molecule has 1 saturated carbocycles. The van der Waals surface area contributed by atoms with Crippen LogP contribution in [-0.2, 0) is 9.59 Å². The Morgan fingerprint density at radius 2 is 2.07 bits per heavy atom. The zero-order chi connectivity index (χ0) is 10.9. The minimum atomic E-state index is -0.816. The molecule has 1 N–H and O–H groups in total. The summed E-state index contributed by atoms with van der Waals surface area (Å²) >= 11 is 0. The average molecular weight is 198 g/mol. The van der Waals surface area contributed by atoms with Crippen molar-refractivity contribution in [3.8, 4) is 0 Å². The van der Waals surface area contributed by atoms with Crippen molar-refractivity contribution in [2.75, 3.05) is 0 Å².